The average Bonchev–Trinajstić information content (AvgIpc) is 2.95. The minimum atomic E-state index is -0.611. The zero-order chi connectivity index (χ0) is 17.0. The average molecular weight is 321 g/mol. The summed E-state index contributed by atoms with van der Waals surface area (Å²) < 4.78 is 1.94. The van der Waals surface area contributed by atoms with E-state index in [4.69, 9.17) is 0 Å². The molecule has 1 aliphatic heterocycles. The molecule has 1 aliphatic rings. The number of aryl methyl sites for hydroxylation is 2. The van der Waals surface area contributed by atoms with Gasteiger partial charge in [0.05, 0.1) is 5.69 Å². The number of aromatic nitrogens is 2. The molecular weight excluding hydrogens is 298 g/mol. The third-order valence-electron chi connectivity index (χ3n) is 3.75. The Morgan fingerprint density at radius 2 is 2.17 bits per heavy atom. The monoisotopic (exact) mass is 321 g/mol. The molecule has 2 unspecified atom stereocenters. The first-order valence-corrected chi connectivity index (χ1v) is 7.74. The van der Waals surface area contributed by atoms with Crippen molar-refractivity contribution in [3.63, 3.8) is 0 Å². The highest BCUT2D eigenvalue weighted by atomic mass is 16.2. The Bertz CT molecular complexity index is 610. The van der Waals surface area contributed by atoms with Crippen molar-refractivity contribution in [2.24, 2.45) is 5.92 Å². The predicted octanol–water partition coefficient (Wildman–Crippen LogP) is 0.240. The fourth-order valence-corrected chi connectivity index (χ4v) is 2.53. The van der Waals surface area contributed by atoms with E-state index in [9.17, 15) is 14.4 Å². The smallest absolute Gasteiger partial charge is 0.322 e. The summed E-state index contributed by atoms with van der Waals surface area (Å²) >= 11 is 0. The van der Waals surface area contributed by atoms with Gasteiger partial charge in [0.1, 0.15) is 6.04 Å². The van der Waals surface area contributed by atoms with Gasteiger partial charge in [-0.15, -0.1) is 0 Å². The second-order valence-electron chi connectivity index (χ2n) is 6.07. The Morgan fingerprint density at radius 1 is 1.43 bits per heavy atom. The Labute approximate surface area is 135 Å². The highest BCUT2D eigenvalue weighted by Crippen LogP contribution is 2.06. The third-order valence-corrected chi connectivity index (χ3v) is 3.75. The van der Waals surface area contributed by atoms with E-state index in [0.29, 0.717) is 13.0 Å². The van der Waals surface area contributed by atoms with E-state index in [1.54, 1.807) is 0 Å². The maximum atomic E-state index is 11.8. The first-order chi connectivity index (χ1) is 10.8. The summed E-state index contributed by atoms with van der Waals surface area (Å²) in [5.74, 6) is -0.258. The Kier molecular flexibility index (Phi) is 5.36. The van der Waals surface area contributed by atoms with Gasteiger partial charge in [-0.2, -0.15) is 5.10 Å². The quantitative estimate of drug-likeness (QED) is 0.626. The maximum absolute atomic E-state index is 11.8. The number of carbonyl (C=O) groups excluding carboxylic acids is 3. The number of hydrogen-bond acceptors (Lipinski definition) is 4. The summed E-state index contributed by atoms with van der Waals surface area (Å²) in [5.41, 5.74) is 2.08. The molecule has 126 valence electrons. The van der Waals surface area contributed by atoms with Crippen molar-refractivity contribution in [2.45, 2.75) is 46.2 Å². The number of hydrogen-bond donors (Lipinski definition) is 3. The Hall–Kier alpha value is -2.38. The number of amides is 4. The molecule has 1 aromatic heterocycles. The van der Waals surface area contributed by atoms with Gasteiger partial charge < -0.3 is 10.6 Å². The molecule has 8 nitrogen and oxygen atoms in total. The van der Waals surface area contributed by atoms with Gasteiger partial charge in [0.25, 0.3) is 5.91 Å². The number of nitrogens with one attached hydrogen (secondary N) is 3. The van der Waals surface area contributed by atoms with Crippen molar-refractivity contribution in [1.82, 2.24) is 25.7 Å². The summed E-state index contributed by atoms with van der Waals surface area (Å²) in [5, 5.41) is 11.9. The molecule has 0 aliphatic carbocycles. The van der Waals surface area contributed by atoms with Crippen LogP contribution in [0.15, 0.2) is 6.07 Å². The molecule has 8 heteroatoms. The van der Waals surface area contributed by atoms with Crippen LogP contribution in [0.25, 0.3) is 0 Å². The lowest BCUT2D eigenvalue weighted by Crippen LogP contribution is -2.34. The topological polar surface area (TPSA) is 105 Å². The van der Waals surface area contributed by atoms with Crippen LogP contribution in [0.2, 0.25) is 0 Å². The summed E-state index contributed by atoms with van der Waals surface area (Å²) in [7, 11) is 0. The normalized spacial score (nSPS) is 18.5. The largest absolute Gasteiger partial charge is 0.356 e. The van der Waals surface area contributed by atoms with Crippen molar-refractivity contribution in [3.8, 4) is 0 Å². The van der Waals surface area contributed by atoms with E-state index >= 15 is 0 Å². The van der Waals surface area contributed by atoms with E-state index in [-0.39, 0.29) is 24.2 Å². The molecule has 3 N–H and O–H groups in total. The fourth-order valence-electron chi connectivity index (χ4n) is 2.53. The van der Waals surface area contributed by atoms with Crippen LogP contribution in [0.4, 0.5) is 4.79 Å². The fraction of sp³-hybridized carbons (Fsp3) is 0.600. The number of rotatable bonds is 7. The lowest BCUT2D eigenvalue weighted by Gasteiger charge is -2.14. The maximum Gasteiger partial charge on any atom is 0.322 e. The molecule has 0 saturated carbocycles. The standard InChI is InChI=1S/C15H23N5O3/c1-9(8-20-11(3)6-10(2)19-20)7-16-13(21)5-4-12-14(22)18-15(23)17-12/h6,9,12H,4-5,7-8H2,1-3H3,(H,16,21)(H2,17,18,22,23). The number of urea groups is 1. The molecular formula is C15H23N5O3. The second kappa shape index (κ2) is 7.26. The van der Waals surface area contributed by atoms with Crippen LogP contribution >= 0.6 is 0 Å². The summed E-state index contributed by atoms with van der Waals surface area (Å²) in [6.07, 6.45) is 0.500. The van der Waals surface area contributed by atoms with E-state index in [1.165, 1.54) is 0 Å². The van der Waals surface area contributed by atoms with E-state index in [2.05, 4.69) is 21.0 Å². The number of carbonyl (C=O) groups is 3. The molecule has 0 spiro atoms. The van der Waals surface area contributed by atoms with Crippen LogP contribution in [0.5, 0.6) is 0 Å². The zero-order valence-electron chi connectivity index (χ0n) is 13.7. The zero-order valence-corrected chi connectivity index (χ0v) is 13.7. The van der Waals surface area contributed by atoms with Crippen LogP contribution in [0, 0.1) is 19.8 Å². The van der Waals surface area contributed by atoms with E-state index < -0.39 is 12.1 Å². The number of nitrogens with zero attached hydrogens (tertiary/aromatic N) is 2. The van der Waals surface area contributed by atoms with Gasteiger partial charge in [-0.3, -0.25) is 19.6 Å². The van der Waals surface area contributed by atoms with Crippen LogP contribution in [-0.2, 0) is 16.1 Å². The van der Waals surface area contributed by atoms with Crippen LogP contribution in [0.3, 0.4) is 0 Å². The van der Waals surface area contributed by atoms with Crippen LogP contribution in [0.1, 0.15) is 31.2 Å². The van der Waals surface area contributed by atoms with Crippen molar-refractivity contribution < 1.29 is 14.4 Å². The van der Waals surface area contributed by atoms with Crippen molar-refractivity contribution in [1.29, 1.82) is 0 Å². The Morgan fingerprint density at radius 3 is 2.74 bits per heavy atom. The van der Waals surface area contributed by atoms with Gasteiger partial charge in [-0.05, 0) is 32.3 Å². The predicted molar refractivity (Wildman–Crippen MR) is 83.6 cm³/mol. The highest BCUT2D eigenvalue weighted by Gasteiger charge is 2.29. The summed E-state index contributed by atoms with van der Waals surface area (Å²) in [6, 6.07) is 0.908. The molecule has 2 rings (SSSR count). The van der Waals surface area contributed by atoms with Gasteiger partial charge in [0.15, 0.2) is 0 Å². The van der Waals surface area contributed by atoms with Crippen molar-refractivity contribution >= 4 is 17.8 Å². The number of imide groups is 1. The molecule has 1 fully saturated rings. The molecule has 2 heterocycles. The first kappa shape index (κ1) is 17.0. The van der Waals surface area contributed by atoms with Gasteiger partial charge in [-0.1, -0.05) is 6.92 Å². The van der Waals surface area contributed by atoms with E-state index in [0.717, 1.165) is 17.9 Å². The molecule has 0 aromatic carbocycles. The van der Waals surface area contributed by atoms with Crippen LogP contribution in [-0.4, -0.2) is 40.2 Å². The van der Waals surface area contributed by atoms with Gasteiger partial charge >= 0.3 is 6.03 Å². The van der Waals surface area contributed by atoms with E-state index in [1.807, 2.05) is 31.5 Å². The molecule has 1 aromatic rings. The molecule has 2 atom stereocenters. The van der Waals surface area contributed by atoms with Gasteiger partial charge in [0, 0.05) is 25.2 Å². The molecule has 0 radical (unpaired) electrons. The lowest BCUT2D eigenvalue weighted by molar-refractivity contribution is -0.122. The first-order valence-electron chi connectivity index (χ1n) is 7.74. The Balaban J connectivity index is 1.68. The minimum Gasteiger partial charge on any atom is -0.356 e. The molecule has 0 bridgehead atoms. The lowest BCUT2D eigenvalue weighted by atomic mass is 10.1. The van der Waals surface area contributed by atoms with Gasteiger partial charge in [0.2, 0.25) is 5.91 Å². The van der Waals surface area contributed by atoms with Crippen molar-refractivity contribution in [3.05, 3.63) is 17.5 Å². The van der Waals surface area contributed by atoms with Crippen LogP contribution < -0.4 is 16.0 Å². The highest BCUT2D eigenvalue weighted by molar-refractivity contribution is 6.04. The SMILES string of the molecule is Cc1cc(C)n(CC(C)CNC(=O)CCC2NC(=O)NC2=O)n1. The molecule has 23 heavy (non-hydrogen) atoms. The second-order valence-corrected chi connectivity index (χ2v) is 6.07. The molecule has 1 saturated heterocycles. The summed E-state index contributed by atoms with van der Waals surface area (Å²) in [4.78, 5) is 34.2. The van der Waals surface area contributed by atoms with Gasteiger partial charge in [-0.25, -0.2) is 4.79 Å². The third kappa shape index (κ3) is 4.80. The van der Waals surface area contributed by atoms with Crippen molar-refractivity contribution in [2.75, 3.05) is 6.54 Å². The minimum absolute atomic E-state index is 0.126. The molecule has 4 amide bonds. The summed E-state index contributed by atoms with van der Waals surface area (Å²) in [6.45, 7) is 7.28.